The summed E-state index contributed by atoms with van der Waals surface area (Å²) in [6.07, 6.45) is 1.51. The Bertz CT molecular complexity index is 480. The molecule has 3 N–H and O–H groups in total. The van der Waals surface area contributed by atoms with Gasteiger partial charge in [-0.25, -0.2) is 4.79 Å². The summed E-state index contributed by atoms with van der Waals surface area (Å²) in [5, 5.41) is 9.04. The average molecular weight is 267 g/mol. The quantitative estimate of drug-likeness (QED) is 0.808. The molecule has 0 aliphatic carbocycles. The number of amides is 1. The number of thioether (sulfide) groups is 1. The van der Waals surface area contributed by atoms with Crippen LogP contribution >= 0.6 is 11.8 Å². The Morgan fingerprint density at radius 1 is 1.61 bits per heavy atom. The molecule has 1 aromatic rings. The summed E-state index contributed by atoms with van der Waals surface area (Å²) in [4.78, 5) is 28.6. The van der Waals surface area contributed by atoms with E-state index in [0.717, 1.165) is 0 Å². The van der Waals surface area contributed by atoms with Gasteiger partial charge in [-0.1, -0.05) is 0 Å². The van der Waals surface area contributed by atoms with E-state index in [1.807, 2.05) is 0 Å². The standard InChI is InChI=1S/C11H13N3O3S/c12-4-8-3-7(1-2-13-8)10(15)14-6-18-5-9(14)11(16)17/h1-3,9H,4-6,12H2,(H,16,17). The number of nitrogens with zero attached hydrogens (tertiary/aromatic N) is 2. The van der Waals surface area contributed by atoms with Crippen LogP contribution in [0.4, 0.5) is 0 Å². The lowest BCUT2D eigenvalue weighted by atomic mass is 10.2. The largest absolute Gasteiger partial charge is 0.480 e. The Labute approximate surface area is 108 Å². The van der Waals surface area contributed by atoms with Crippen LogP contribution in [0, 0.1) is 0 Å². The van der Waals surface area contributed by atoms with Crippen LogP contribution in [0.25, 0.3) is 0 Å². The van der Waals surface area contributed by atoms with E-state index < -0.39 is 12.0 Å². The fourth-order valence-corrected chi connectivity index (χ4v) is 2.88. The number of carbonyl (C=O) groups excluding carboxylic acids is 1. The van der Waals surface area contributed by atoms with Crippen molar-refractivity contribution < 1.29 is 14.7 Å². The lowest BCUT2D eigenvalue weighted by Gasteiger charge is -2.20. The maximum absolute atomic E-state index is 12.2. The molecular formula is C11H13N3O3S. The highest BCUT2D eigenvalue weighted by Gasteiger charge is 2.34. The first-order valence-corrected chi connectivity index (χ1v) is 6.55. The summed E-state index contributed by atoms with van der Waals surface area (Å²) in [6, 6.07) is 2.42. The normalized spacial score (nSPS) is 18.9. The number of hydrogen-bond acceptors (Lipinski definition) is 5. The molecule has 1 atom stereocenters. The molecule has 2 rings (SSSR count). The Hall–Kier alpha value is -1.60. The molecule has 7 heteroatoms. The third-order valence-corrected chi connectivity index (χ3v) is 3.71. The number of aromatic nitrogens is 1. The maximum atomic E-state index is 12.2. The van der Waals surface area contributed by atoms with Crippen molar-refractivity contribution in [2.75, 3.05) is 11.6 Å². The van der Waals surface area contributed by atoms with E-state index in [1.165, 1.54) is 22.9 Å². The van der Waals surface area contributed by atoms with Crippen molar-refractivity contribution in [3.05, 3.63) is 29.6 Å². The van der Waals surface area contributed by atoms with Gasteiger partial charge in [0.05, 0.1) is 11.6 Å². The molecule has 1 aliphatic rings. The second-order valence-electron chi connectivity index (χ2n) is 3.87. The van der Waals surface area contributed by atoms with Gasteiger partial charge < -0.3 is 15.7 Å². The van der Waals surface area contributed by atoms with Gasteiger partial charge >= 0.3 is 5.97 Å². The zero-order chi connectivity index (χ0) is 13.1. The predicted molar refractivity (Wildman–Crippen MR) is 67.0 cm³/mol. The number of aliphatic carboxylic acids is 1. The van der Waals surface area contributed by atoms with Crippen LogP contribution in [-0.4, -0.2) is 44.5 Å². The van der Waals surface area contributed by atoms with Crippen molar-refractivity contribution in [1.29, 1.82) is 0 Å². The Balaban J connectivity index is 2.22. The molecule has 1 amide bonds. The van der Waals surface area contributed by atoms with E-state index in [2.05, 4.69) is 4.98 Å². The fourth-order valence-electron chi connectivity index (χ4n) is 1.74. The first-order valence-electron chi connectivity index (χ1n) is 5.40. The lowest BCUT2D eigenvalue weighted by Crippen LogP contribution is -2.41. The third-order valence-electron chi connectivity index (χ3n) is 2.70. The van der Waals surface area contributed by atoms with Crippen LogP contribution in [0.15, 0.2) is 18.3 Å². The van der Waals surface area contributed by atoms with Crippen molar-refractivity contribution in [3.8, 4) is 0 Å². The monoisotopic (exact) mass is 267 g/mol. The molecular weight excluding hydrogens is 254 g/mol. The molecule has 1 aromatic heterocycles. The highest BCUT2D eigenvalue weighted by atomic mass is 32.2. The van der Waals surface area contributed by atoms with Gasteiger partial charge in [-0.05, 0) is 12.1 Å². The lowest BCUT2D eigenvalue weighted by molar-refractivity contribution is -0.140. The Kier molecular flexibility index (Phi) is 3.83. The van der Waals surface area contributed by atoms with Crippen LogP contribution in [0.2, 0.25) is 0 Å². The summed E-state index contributed by atoms with van der Waals surface area (Å²) in [6.45, 7) is 0.248. The second kappa shape index (κ2) is 5.36. The summed E-state index contributed by atoms with van der Waals surface area (Å²) >= 11 is 1.44. The second-order valence-corrected chi connectivity index (χ2v) is 4.87. The Morgan fingerprint density at radius 3 is 3.06 bits per heavy atom. The molecule has 0 aromatic carbocycles. The Morgan fingerprint density at radius 2 is 2.39 bits per heavy atom. The van der Waals surface area contributed by atoms with Gasteiger partial charge in [-0.15, -0.1) is 11.8 Å². The average Bonchev–Trinajstić information content (AvgIpc) is 2.87. The third kappa shape index (κ3) is 2.46. The molecule has 0 radical (unpaired) electrons. The number of hydrogen-bond donors (Lipinski definition) is 2. The first-order chi connectivity index (χ1) is 8.63. The number of carboxylic acids is 1. The molecule has 96 valence electrons. The van der Waals surface area contributed by atoms with E-state index in [-0.39, 0.29) is 12.5 Å². The number of pyridine rings is 1. The molecule has 1 unspecified atom stereocenters. The van der Waals surface area contributed by atoms with Gasteiger partial charge in [-0.2, -0.15) is 0 Å². The zero-order valence-electron chi connectivity index (χ0n) is 9.57. The molecule has 6 nitrogen and oxygen atoms in total. The molecule has 1 fully saturated rings. The van der Waals surface area contributed by atoms with E-state index in [0.29, 0.717) is 22.9 Å². The van der Waals surface area contributed by atoms with Gasteiger partial charge in [0.1, 0.15) is 6.04 Å². The topological polar surface area (TPSA) is 96.5 Å². The molecule has 0 saturated carbocycles. The fraction of sp³-hybridized carbons (Fsp3) is 0.364. The molecule has 2 heterocycles. The van der Waals surface area contributed by atoms with E-state index in [1.54, 1.807) is 12.1 Å². The SMILES string of the molecule is NCc1cc(C(=O)N2CSCC2C(=O)O)ccn1. The summed E-state index contributed by atoms with van der Waals surface area (Å²) in [5.41, 5.74) is 6.50. The van der Waals surface area contributed by atoms with E-state index in [9.17, 15) is 9.59 Å². The molecule has 18 heavy (non-hydrogen) atoms. The van der Waals surface area contributed by atoms with Gasteiger partial charge in [0.25, 0.3) is 5.91 Å². The van der Waals surface area contributed by atoms with E-state index >= 15 is 0 Å². The highest BCUT2D eigenvalue weighted by molar-refractivity contribution is 7.99. The van der Waals surface area contributed by atoms with Crippen molar-refractivity contribution >= 4 is 23.6 Å². The summed E-state index contributed by atoms with van der Waals surface area (Å²) in [5.74, 6) is -0.433. The van der Waals surface area contributed by atoms with Crippen LogP contribution in [0.5, 0.6) is 0 Å². The molecule has 1 saturated heterocycles. The number of carboxylic acid groups (broad SMARTS) is 1. The van der Waals surface area contributed by atoms with Gasteiger partial charge in [-0.3, -0.25) is 9.78 Å². The number of rotatable bonds is 3. The molecule has 0 spiro atoms. The minimum atomic E-state index is -0.971. The molecule has 1 aliphatic heterocycles. The first kappa shape index (κ1) is 12.8. The van der Waals surface area contributed by atoms with Crippen LogP contribution in [0.3, 0.4) is 0 Å². The van der Waals surface area contributed by atoms with Gasteiger partial charge in [0.2, 0.25) is 0 Å². The maximum Gasteiger partial charge on any atom is 0.327 e. The van der Waals surface area contributed by atoms with Crippen molar-refractivity contribution in [1.82, 2.24) is 9.88 Å². The van der Waals surface area contributed by atoms with Gasteiger partial charge in [0.15, 0.2) is 0 Å². The predicted octanol–water partition coefficient (Wildman–Crippen LogP) is 0.140. The van der Waals surface area contributed by atoms with Crippen molar-refractivity contribution in [2.24, 2.45) is 5.73 Å². The van der Waals surface area contributed by atoms with Crippen LogP contribution < -0.4 is 5.73 Å². The van der Waals surface area contributed by atoms with Crippen molar-refractivity contribution in [2.45, 2.75) is 12.6 Å². The van der Waals surface area contributed by atoms with Crippen molar-refractivity contribution in [3.63, 3.8) is 0 Å². The number of carbonyl (C=O) groups is 2. The summed E-state index contributed by atoms with van der Waals surface area (Å²) < 4.78 is 0. The van der Waals surface area contributed by atoms with Gasteiger partial charge in [0, 0.05) is 24.1 Å². The van der Waals surface area contributed by atoms with Crippen LogP contribution in [-0.2, 0) is 11.3 Å². The summed E-state index contributed by atoms with van der Waals surface area (Å²) in [7, 11) is 0. The number of nitrogens with two attached hydrogens (primary N) is 1. The van der Waals surface area contributed by atoms with Crippen LogP contribution in [0.1, 0.15) is 16.1 Å². The van der Waals surface area contributed by atoms with E-state index in [4.69, 9.17) is 10.8 Å². The minimum absolute atomic E-state index is 0.248. The zero-order valence-corrected chi connectivity index (χ0v) is 10.4. The molecule has 0 bridgehead atoms. The highest BCUT2D eigenvalue weighted by Crippen LogP contribution is 2.23. The smallest absolute Gasteiger partial charge is 0.327 e. The minimum Gasteiger partial charge on any atom is -0.480 e.